The largest absolute Gasteiger partial charge is 0.493 e. The summed E-state index contributed by atoms with van der Waals surface area (Å²) in [6, 6.07) is 3.68. The summed E-state index contributed by atoms with van der Waals surface area (Å²) in [5.74, 6) is 1.26. The summed E-state index contributed by atoms with van der Waals surface area (Å²) in [7, 11) is 3.17. The number of rotatable bonds is 6. The van der Waals surface area contributed by atoms with Crippen molar-refractivity contribution in [3.05, 3.63) is 34.8 Å². The van der Waals surface area contributed by atoms with Crippen molar-refractivity contribution in [3.8, 4) is 11.5 Å². The number of halogens is 1. The first-order chi connectivity index (χ1) is 9.62. The predicted octanol–water partition coefficient (Wildman–Crippen LogP) is 2.45. The Morgan fingerprint density at radius 2 is 2.20 bits per heavy atom. The normalized spacial score (nSPS) is 10.2. The molecule has 7 heteroatoms. The molecule has 0 atom stereocenters. The Labute approximate surface area is 132 Å². The number of thiocarbonyl (C=S) groups is 1. The highest BCUT2D eigenvalue weighted by Gasteiger charge is 2.09. The molecule has 1 rings (SSSR count). The van der Waals surface area contributed by atoms with Crippen molar-refractivity contribution in [2.45, 2.75) is 0 Å². The van der Waals surface area contributed by atoms with Crippen LogP contribution in [0.2, 0.25) is 0 Å². The maximum atomic E-state index is 5.25. The fraction of sp³-hybridized carbons (Fsp3) is 0.231. The van der Waals surface area contributed by atoms with Gasteiger partial charge >= 0.3 is 0 Å². The monoisotopic (exact) mass is 357 g/mol. The number of ether oxygens (including phenoxy) is 2. The van der Waals surface area contributed by atoms with Crippen molar-refractivity contribution in [1.29, 1.82) is 0 Å². The molecule has 2 N–H and O–H groups in total. The molecule has 5 nitrogen and oxygen atoms in total. The maximum Gasteiger partial charge on any atom is 0.187 e. The molecular weight excluding hydrogens is 342 g/mol. The van der Waals surface area contributed by atoms with E-state index in [4.69, 9.17) is 21.7 Å². The molecular formula is C13H16BrN3O2S. The molecule has 0 unspecified atom stereocenters. The van der Waals surface area contributed by atoms with Gasteiger partial charge < -0.3 is 14.8 Å². The Morgan fingerprint density at radius 1 is 1.45 bits per heavy atom. The van der Waals surface area contributed by atoms with E-state index in [2.05, 4.69) is 38.4 Å². The lowest BCUT2D eigenvalue weighted by molar-refractivity contribution is 0.353. The van der Waals surface area contributed by atoms with Crippen LogP contribution in [0, 0.1) is 0 Å². The second-order valence-corrected chi connectivity index (χ2v) is 4.87. The fourth-order valence-corrected chi connectivity index (χ4v) is 2.14. The van der Waals surface area contributed by atoms with Crippen molar-refractivity contribution in [2.24, 2.45) is 5.10 Å². The van der Waals surface area contributed by atoms with E-state index in [0.29, 0.717) is 23.2 Å². The van der Waals surface area contributed by atoms with E-state index in [1.807, 2.05) is 12.1 Å². The summed E-state index contributed by atoms with van der Waals surface area (Å²) in [6.45, 7) is 4.17. The highest BCUT2D eigenvalue weighted by Crippen LogP contribution is 2.35. The van der Waals surface area contributed by atoms with Gasteiger partial charge in [-0.2, -0.15) is 5.10 Å². The van der Waals surface area contributed by atoms with Crippen LogP contribution in [-0.2, 0) is 0 Å². The summed E-state index contributed by atoms with van der Waals surface area (Å²) in [5.41, 5.74) is 3.55. The van der Waals surface area contributed by atoms with E-state index in [0.717, 1.165) is 10.0 Å². The standard InChI is InChI=1S/C13H16BrN3O2S/c1-4-5-15-13(20)17-16-8-9-6-10(14)12(19-3)11(7-9)18-2/h4,6-8H,1,5H2,2-3H3,(H2,15,17,20)/b16-8+. The molecule has 0 fully saturated rings. The molecule has 0 bridgehead atoms. The van der Waals surface area contributed by atoms with Crippen LogP contribution >= 0.6 is 28.1 Å². The van der Waals surface area contributed by atoms with Gasteiger partial charge in [-0.05, 0) is 45.8 Å². The fourth-order valence-electron chi connectivity index (χ4n) is 1.38. The van der Waals surface area contributed by atoms with Crippen molar-refractivity contribution >= 4 is 39.5 Å². The van der Waals surface area contributed by atoms with Gasteiger partial charge in [0.05, 0.1) is 24.9 Å². The van der Waals surface area contributed by atoms with Gasteiger partial charge in [0.25, 0.3) is 0 Å². The van der Waals surface area contributed by atoms with Gasteiger partial charge in [-0.25, -0.2) is 0 Å². The lowest BCUT2D eigenvalue weighted by Crippen LogP contribution is -2.31. The number of hydrogen-bond donors (Lipinski definition) is 2. The number of methoxy groups -OCH3 is 2. The molecule has 0 amide bonds. The van der Waals surface area contributed by atoms with Gasteiger partial charge in [0.2, 0.25) is 0 Å². The Balaban J connectivity index is 2.75. The van der Waals surface area contributed by atoms with E-state index < -0.39 is 0 Å². The van der Waals surface area contributed by atoms with Crippen LogP contribution in [0.5, 0.6) is 11.5 Å². The molecule has 108 valence electrons. The number of hydrogen-bond acceptors (Lipinski definition) is 4. The minimum atomic E-state index is 0.431. The van der Waals surface area contributed by atoms with Gasteiger partial charge in [-0.1, -0.05) is 6.08 Å². The van der Waals surface area contributed by atoms with Gasteiger partial charge in [0.1, 0.15) is 0 Å². The number of nitrogens with one attached hydrogen (secondary N) is 2. The van der Waals surface area contributed by atoms with E-state index in [-0.39, 0.29) is 0 Å². The molecule has 0 aromatic heterocycles. The van der Waals surface area contributed by atoms with Crippen LogP contribution in [0.1, 0.15) is 5.56 Å². The van der Waals surface area contributed by atoms with Crippen molar-refractivity contribution in [3.63, 3.8) is 0 Å². The van der Waals surface area contributed by atoms with Crippen molar-refractivity contribution < 1.29 is 9.47 Å². The highest BCUT2D eigenvalue weighted by atomic mass is 79.9. The lowest BCUT2D eigenvalue weighted by Gasteiger charge is -2.10. The minimum Gasteiger partial charge on any atom is -0.493 e. The van der Waals surface area contributed by atoms with Crippen LogP contribution in [-0.4, -0.2) is 32.1 Å². The number of hydrazone groups is 1. The van der Waals surface area contributed by atoms with E-state index >= 15 is 0 Å². The van der Waals surface area contributed by atoms with E-state index in [1.165, 1.54) is 0 Å². The van der Waals surface area contributed by atoms with Crippen LogP contribution in [0.25, 0.3) is 0 Å². The maximum absolute atomic E-state index is 5.25. The van der Waals surface area contributed by atoms with Crippen molar-refractivity contribution in [2.75, 3.05) is 20.8 Å². The second-order valence-electron chi connectivity index (χ2n) is 3.61. The Hall–Kier alpha value is -1.60. The molecule has 20 heavy (non-hydrogen) atoms. The van der Waals surface area contributed by atoms with Gasteiger partial charge in [0.15, 0.2) is 16.6 Å². The quantitative estimate of drug-likeness (QED) is 0.354. The molecule has 0 aliphatic heterocycles. The molecule has 0 heterocycles. The molecule has 0 aliphatic rings. The molecule has 0 radical (unpaired) electrons. The zero-order chi connectivity index (χ0) is 15.0. The first kappa shape index (κ1) is 16.5. The van der Waals surface area contributed by atoms with Gasteiger partial charge in [-0.15, -0.1) is 6.58 Å². The number of benzene rings is 1. The summed E-state index contributed by atoms with van der Waals surface area (Å²) in [5, 5.41) is 7.37. The molecule has 1 aromatic carbocycles. The van der Waals surface area contributed by atoms with E-state index in [9.17, 15) is 0 Å². The molecule has 0 aliphatic carbocycles. The Morgan fingerprint density at radius 3 is 2.80 bits per heavy atom. The van der Waals surface area contributed by atoms with Crippen LogP contribution in [0.15, 0.2) is 34.4 Å². The minimum absolute atomic E-state index is 0.431. The van der Waals surface area contributed by atoms with E-state index in [1.54, 1.807) is 26.5 Å². The SMILES string of the molecule is C=CCNC(=S)N/N=C/c1cc(Br)c(OC)c(OC)c1. The van der Waals surface area contributed by atoms with Crippen LogP contribution in [0.4, 0.5) is 0 Å². The summed E-state index contributed by atoms with van der Waals surface area (Å²) in [4.78, 5) is 0. The Kier molecular flexibility index (Phi) is 7.03. The zero-order valence-corrected chi connectivity index (χ0v) is 13.7. The second kappa shape index (κ2) is 8.55. The highest BCUT2D eigenvalue weighted by molar-refractivity contribution is 9.10. The van der Waals surface area contributed by atoms with Crippen LogP contribution in [0.3, 0.4) is 0 Å². The van der Waals surface area contributed by atoms with Gasteiger partial charge in [0, 0.05) is 6.54 Å². The average Bonchev–Trinajstić information content (AvgIpc) is 2.44. The topological polar surface area (TPSA) is 54.9 Å². The average molecular weight is 358 g/mol. The zero-order valence-electron chi connectivity index (χ0n) is 11.3. The first-order valence-electron chi connectivity index (χ1n) is 5.71. The third-order valence-corrected chi connectivity index (χ3v) is 3.07. The first-order valence-corrected chi connectivity index (χ1v) is 6.91. The summed E-state index contributed by atoms with van der Waals surface area (Å²) >= 11 is 8.43. The molecule has 0 saturated heterocycles. The molecule has 0 saturated carbocycles. The van der Waals surface area contributed by atoms with Crippen LogP contribution < -0.4 is 20.2 Å². The smallest absolute Gasteiger partial charge is 0.187 e. The summed E-state index contributed by atoms with van der Waals surface area (Å²) in [6.07, 6.45) is 3.34. The lowest BCUT2D eigenvalue weighted by atomic mass is 10.2. The molecule has 1 aromatic rings. The number of nitrogens with zero attached hydrogens (tertiary/aromatic N) is 1. The predicted molar refractivity (Wildman–Crippen MR) is 88.8 cm³/mol. The third-order valence-electron chi connectivity index (χ3n) is 2.24. The van der Waals surface area contributed by atoms with Crippen molar-refractivity contribution in [1.82, 2.24) is 10.7 Å². The third kappa shape index (κ3) is 4.82. The molecule has 0 spiro atoms. The Bertz CT molecular complexity index is 521. The van der Waals surface area contributed by atoms with Gasteiger partial charge in [-0.3, -0.25) is 5.43 Å². The summed E-state index contributed by atoms with van der Waals surface area (Å²) < 4.78 is 11.3.